The summed E-state index contributed by atoms with van der Waals surface area (Å²) in [6, 6.07) is 21.6. The molecule has 32 heavy (non-hydrogen) atoms. The molecule has 0 spiro atoms. The smallest absolute Gasteiger partial charge is 0.305 e. The summed E-state index contributed by atoms with van der Waals surface area (Å²) in [7, 11) is 0. The highest BCUT2D eigenvalue weighted by molar-refractivity contribution is 5.89. The van der Waals surface area contributed by atoms with Crippen LogP contribution in [0.3, 0.4) is 0 Å². The van der Waals surface area contributed by atoms with Gasteiger partial charge in [-0.05, 0) is 11.6 Å². The van der Waals surface area contributed by atoms with E-state index in [9.17, 15) is 4.79 Å². The number of pyridine rings is 1. The summed E-state index contributed by atoms with van der Waals surface area (Å²) in [6.45, 7) is 2.06. The van der Waals surface area contributed by atoms with Gasteiger partial charge in [0.2, 0.25) is 0 Å². The molecule has 0 saturated heterocycles. The third-order valence-electron chi connectivity index (χ3n) is 5.12. The maximum Gasteiger partial charge on any atom is 0.305 e. The molecule has 6 nitrogen and oxygen atoms in total. The lowest BCUT2D eigenvalue weighted by Gasteiger charge is -2.16. The van der Waals surface area contributed by atoms with Gasteiger partial charge in [0.05, 0.1) is 17.9 Å². The molecule has 4 rings (SSSR count). The highest BCUT2D eigenvalue weighted by Crippen LogP contribution is 2.37. The van der Waals surface area contributed by atoms with E-state index < -0.39 is 0 Å². The van der Waals surface area contributed by atoms with Crippen molar-refractivity contribution in [3.05, 3.63) is 84.7 Å². The van der Waals surface area contributed by atoms with E-state index in [4.69, 9.17) is 15.5 Å². The Hall–Kier alpha value is -4.06. The maximum atomic E-state index is 11.5. The fourth-order valence-electron chi connectivity index (χ4n) is 3.51. The van der Waals surface area contributed by atoms with E-state index in [2.05, 4.69) is 9.97 Å². The molecule has 0 fully saturated rings. The molecule has 6 heteroatoms. The number of esters is 1. The average Bonchev–Trinajstić information content (AvgIpc) is 2.85. The zero-order valence-electron chi connectivity index (χ0n) is 17.9. The van der Waals surface area contributed by atoms with Gasteiger partial charge >= 0.3 is 5.97 Å². The molecule has 2 heterocycles. The van der Waals surface area contributed by atoms with Gasteiger partial charge in [0.25, 0.3) is 0 Å². The fourth-order valence-corrected chi connectivity index (χ4v) is 3.51. The molecular weight excluding hydrogens is 400 g/mol. The topological polar surface area (TPSA) is 91.0 Å². The summed E-state index contributed by atoms with van der Waals surface area (Å²) < 4.78 is 5.29. The van der Waals surface area contributed by atoms with Crippen LogP contribution in [0.25, 0.3) is 33.8 Å². The third-order valence-corrected chi connectivity index (χ3v) is 5.12. The van der Waals surface area contributed by atoms with Crippen molar-refractivity contribution in [3.63, 3.8) is 0 Å². The molecule has 0 aliphatic carbocycles. The van der Waals surface area contributed by atoms with Crippen molar-refractivity contribution in [2.24, 2.45) is 0 Å². The Bertz CT molecular complexity index is 1210. The van der Waals surface area contributed by atoms with Gasteiger partial charge in [-0.15, -0.1) is 0 Å². The minimum atomic E-state index is -0.222. The summed E-state index contributed by atoms with van der Waals surface area (Å²) >= 11 is 0. The molecule has 0 aliphatic heterocycles. The van der Waals surface area contributed by atoms with Crippen LogP contribution in [0.2, 0.25) is 0 Å². The first-order chi connectivity index (χ1) is 15.7. The molecular formula is C26H24N4O2. The van der Waals surface area contributed by atoms with Crippen LogP contribution in [-0.4, -0.2) is 27.5 Å². The van der Waals surface area contributed by atoms with Crippen LogP contribution in [0.15, 0.2) is 79.1 Å². The second-order valence-corrected chi connectivity index (χ2v) is 7.24. The number of anilines is 1. The predicted octanol–water partition coefficient (Wildman–Crippen LogP) is 4.95. The van der Waals surface area contributed by atoms with E-state index >= 15 is 0 Å². The number of carbonyl (C=O) groups excluding carboxylic acids is 1. The summed E-state index contributed by atoms with van der Waals surface area (Å²) in [5.74, 6) is 0.714. The molecule has 0 saturated carbocycles. The maximum absolute atomic E-state index is 11.5. The Morgan fingerprint density at radius 2 is 1.62 bits per heavy atom. The highest BCUT2D eigenvalue weighted by Gasteiger charge is 2.19. The van der Waals surface area contributed by atoms with E-state index in [1.807, 2.05) is 66.7 Å². The van der Waals surface area contributed by atoms with Gasteiger partial charge in [-0.1, -0.05) is 67.6 Å². The Labute approximate surface area is 187 Å². The summed E-state index contributed by atoms with van der Waals surface area (Å²) in [5, 5.41) is 0. The highest BCUT2D eigenvalue weighted by atomic mass is 16.5. The van der Waals surface area contributed by atoms with Crippen LogP contribution in [0, 0.1) is 0 Å². The number of nitrogens with two attached hydrogens (primary N) is 1. The molecule has 160 valence electrons. The van der Waals surface area contributed by atoms with Crippen molar-refractivity contribution in [1.29, 1.82) is 0 Å². The number of hydrogen-bond acceptors (Lipinski definition) is 6. The van der Waals surface area contributed by atoms with Gasteiger partial charge in [0.1, 0.15) is 5.82 Å². The van der Waals surface area contributed by atoms with Crippen molar-refractivity contribution >= 4 is 11.8 Å². The normalized spacial score (nSPS) is 10.7. The molecule has 0 bridgehead atoms. The first-order valence-electron chi connectivity index (χ1n) is 10.5. The van der Waals surface area contributed by atoms with E-state index in [1.54, 1.807) is 19.3 Å². The van der Waals surface area contributed by atoms with Gasteiger partial charge in [-0.2, -0.15) is 0 Å². The standard InChI is InChI=1S/C26H24N4O2/c1-2-22(31)32-16-14-18-13-15-28-17-21(18)23-24(19-9-5-3-6-10-19)29-26(30-25(23)27)20-11-7-4-8-12-20/h3-13,15,17H,2,14,16H2,1H3,(H2,27,29,30). The molecule has 0 atom stereocenters. The Morgan fingerprint density at radius 3 is 2.31 bits per heavy atom. The third kappa shape index (κ3) is 4.64. The average molecular weight is 425 g/mol. The van der Waals surface area contributed by atoms with Crippen molar-refractivity contribution in [2.45, 2.75) is 19.8 Å². The largest absolute Gasteiger partial charge is 0.465 e. The number of hydrogen-bond donors (Lipinski definition) is 1. The number of aromatic nitrogens is 3. The Balaban J connectivity index is 1.84. The van der Waals surface area contributed by atoms with Crippen molar-refractivity contribution in [1.82, 2.24) is 15.0 Å². The van der Waals surface area contributed by atoms with Crippen LogP contribution >= 0.6 is 0 Å². The van der Waals surface area contributed by atoms with Gasteiger partial charge in [-0.3, -0.25) is 9.78 Å². The van der Waals surface area contributed by atoms with Crippen molar-refractivity contribution in [3.8, 4) is 33.8 Å². The van der Waals surface area contributed by atoms with E-state index in [0.717, 1.165) is 33.5 Å². The summed E-state index contributed by atoms with van der Waals surface area (Å²) in [6.07, 6.45) is 4.37. The molecule has 0 aliphatic rings. The zero-order chi connectivity index (χ0) is 22.3. The molecule has 2 N–H and O–H groups in total. The first kappa shape index (κ1) is 21.2. The van der Waals surface area contributed by atoms with Crippen molar-refractivity contribution < 1.29 is 9.53 Å². The van der Waals surface area contributed by atoms with Crippen LogP contribution in [0.1, 0.15) is 18.9 Å². The number of ether oxygens (including phenoxy) is 1. The van der Waals surface area contributed by atoms with Gasteiger partial charge < -0.3 is 10.5 Å². The predicted molar refractivity (Wildman–Crippen MR) is 126 cm³/mol. The minimum Gasteiger partial charge on any atom is -0.465 e. The molecule has 2 aromatic heterocycles. The quantitative estimate of drug-likeness (QED) is 0.422. The van der Waals surface area contributed by atoms with Gasteiger partial charge in [0, 0.05) is 41.9 Å². The second kappa shape index (κ2) is 9.83. The monoisotopic (exact) mass is 424 g/mol. The number of nitrogen functional groups attached to an aromatic ring is 1. The van der Waals surface area contributed by atoms with E-state index in [0.29, 0.717) is 24.5 Å². The zero-order valence-corrected chi connectivity index (χ0v) is 17.9. The molecule has 2 aromatic carbocycles. The van der Waals surface area contributed by atoms with Crippen LogP contribution < -0.4 is 5.73 Å². The number of carbonyl (C=O) groups is 1. The molecule has 0 unspecified atom stereocenters. The van der Waals surface area contributed by atoms with Crippen LogP contribution in [0.5, 0.6) is 0 Å². The Morgan fingerprint density at radius 1 is 0.938 bits per heavy atom. The summed E-state index contributed by atoms with van der Waals surface area (Å²) in [5.41, 5.74) is 11.6. The number of rotatable bonds is 7. The Kier molecular flexibility index (Phi) is 6.51. The molecule has 0 radical (unpaired) electrons. The van der Waals surface area contributed by atoms with E-state index in [-0.39, 0.29) is 12.6 Å². The lowest BCUT2D eigenvalue weighted by molar-refractivity contribution is -0.143. The fraction of sp³-hybridized carbons (Fsp3) is 0.154. The molecule has 4 aromatic rings. The lowest BCUT2D eigenvalue weighted by Crippen LogP contribution is -2.08. The molecule has 0 amide bonds. The summed E-state index contributed by atoms with van der Waals surface area (Å²) in [4.78, 5) is 25.4. The van der Waals surface area contributed by atoms with Crippen molar-refractivity contribution in [2.75, 3.05) is 12.3 Å². The second-order valence-electron chi connectivity index (χ2n) is 7.24. The van der Waals surface area contributed by atoms with Gasteiger partial charge in [0.15, 0.2) is 5.82 Å². The minimum absolute atomic E-state index is 0.222. The van der Waals surface area contributed by atoms with Crippen LogP contribution in [0.4, 0.5) is 5.82 Å². The SMILES string of the molecule is CCC(=O)OCCc1ccncc1-c1c(N)nc(-c2ccccc2)nc1-c1ccccc1. The van der Waals surface area contributed by atoms with E-state index in [1.165, 1.54) is 0 Å². The lowest BCUT2D eigenvalue weighted by atomic mass is 9.95. The van der Waals surface area contributed by atoms with Gasteiger partial charge in [-0.25, -0.2) is 9.97 Å². The first-order valence-corrected chi connectivity index (χ1v) is 10.5. The number of benzene rings is 2. The van der Waals surface area contributed by atoms with Crippen LogP contribution in [-0.2, 0) is 16.0 Å². The number of nitrogens with zero attached hydrogens (tertiary/aromatic N) is 3.